The molecule has 0 aromatic heterocycles. The number of nitrogens with one attached hydrogen (secondary N) is 2. The molecule has 1 aromatic carbocycles. The van der Waals surface area contributed by atoms with Crippen LogP contribution in [0.5, 0.6) is 0 Å². The summed E-state index contributed by atoms with van der Waals surface area (Å²) in [5.74, 6) is -0.259. The van der Waals surface area contributed by atoms with Crippen LogP contribution in [0.15, 0.2) is 29.4 Å². The van der Waals surface area contributed by atoms with Gasteiger partial charge in [-0.2, -0.15) is 5.10 Å². The lowest BCUT2D eigenvalue weighted by molar-refractivity contribution is 0.628. The molecule has 1 rings (SSSR count). The molecular formula is C10H12FN3S. The lowest BCUT2D eigenvalue weighted by atomic mass is 10.1. The predicted molar refractivity (Wildman–Crippen MR) is 63.4 cm³/mol. The van der Waals surface area contributed by atoms with E-state index in [0.717, 1.165) is 11.3 Å². The van der Waals surface area contributed by atoms with Crippen LogP contribution in [0.3, 0.4) is 0 Å². The maximum atomic E-state index is 12.6. The molecule has 80 valence electrons. The van der Waals surface area contributed by atoms with E-state index in [9.17, 15) is 4.39 Å². The minimum atomic E-state index is -0.259. The Morgan fingerprint density at radius 1 is 1.33 bits per heavy atom. The number of thiocarbonyl (C=S) groups is 1. The van der Waals surface area contributed by atoms with Crippen molar-refractivity contribution < 1.29 is 4.39 Å². The molecule has 0 unspecified atom stereocenters. The zero-order valence-corrected chi connectivity index (χ0v) is 9.36. The van der Waals surface area contributed by atoms with Gasteiger partial charge in [0.2, 0.25) is 0 Å². The van der Waals surface area contributed by atoms with Crippen LogP contribution in [-0.4, -0.2) is 17.9 Å². The summed E-state index contributed by atoms with van der Waals surface area (Å²) in [7, 11) is 1.71. The van der Waals surface area contributed by atoms with E-state index in [1.165, 1.54) is 12.1 Å². The van der Waals surface area contributed by atoms with Crippen LogP contribution in [0.1, 0.15) is 12.5 Å². The first kappa shape index (κ1) is 11.6. The first-order chi connectivity index (χ1) is 7.13. The molecule has 5 heteroatoms. The monoisotopic (exact) mass is 225 g/mol. The average Bonchev–Trinajstić information content (AvgIpc) is 2.26. The Morgan fingerprint density at radius 2 is 1.93 bits per heavy atom. The van der Waals surface area contributed by atoms with Crippen molar-refractivity contribution in [3.05, 3.63) is 35.6 Å². The zero-order chi connectivity index (χ0) is 11.3. The van der Waals surface area contributed by atoms with Crippen LogP contribution >= 0.6 is 12.2 Å². The van der Waals surface area contributed by atoms with Gasteiger partial charge in [-0.3, -0.25) is 5.43 Å². The molecule has 0 saturated carbocycles. The average molecular weight is 225 g/mol. The predicted octanol–water partition coefficient (Wildman–Crippen LogP) is 1.64. The van der Waals surface area contributed by atoms with Gasteiger partial charge < -0.3 is 5.32 Å². The zero-order valence-electron chi connectivity index (χ0n) is 8.54. The molecule has 0 saturated heterocycles. The maximum absolute atomic E-state index is 12.6. The summed E-state index contributed by atoms with van der Waals surface area (Å²) in [6.45, 7) is 1.82. The highest BCUT2D eigenvalue weighted by Gasteiger charge is 1.97. The van der Waals surface area contributed by atoms with Gasteiger partial charge in [-0.05, 0) is 36.8 Å². The van der Waals surface area contributed by atoms with E-state index in [-0.39, 0.29) is 5.82 Å². The molecule has 0 heterocycles. The Labute approximate surface area is 93.4 Å². The van der Waals surface area contributed by atoms with Crippen LogP contribution in [0.25, 0.3) is 0 Å². The second-order valence-electron chi connectivity index (χ2n) is 2.90. The minimum absolute atomic E-state index is 0.259. The Bertz CT molecular complexity index is 373. The van der Waals surface area contributed by atoms with Gasteiger partial charge in [0.25, 0.3) is 0 Å². The van der Waals surface area contributed by atoms with Crippen molar-refractivity contribution in [1.82, 2.24) is 10.7 Å². The summed E-state index contributed by atoms with van der Waals surface area (Å²) in [5.41, 5.74) is 4.25. The third-order valence-corrected chi connectivity index (χ3v) is 2.11. The van der Waals surface area contributed by atoms with E-state index in [1.807, 2.05) is 6.92 Å². The Hall–Kier alpha value is -1.49. The molecule has 0 spiro atoms. The van der Waals surface area contributed by atoms with E-state index in [0.29, 0.717) is 5.11 Å². The molecule has 0 aliphatic carbocycles. The van der Waals surface area contributed by atoms with Gasteiger partial charge in [-0.15, -0.1) is 0 Å². The quantitative estimate of drug-likeness (QED) is 0.456. The number of hydrazone groups is 1. The first-order valence-electron chi connectivity index (χ1n) is 4.41. The second kappa shape index (κ2) is 5.41. The van der Waals surface area contributed by atoms with E-state index in [1.54, 1.807) is 19.2 Å². The summed E-state index contributed by atoms with van der Waals surface area (Å²) in [6, 6.07) is 6.12. The Kier molecular flexibility index (Phi) is 4.17. The fourth-order valence-corrected chi connectivity index (χ4v) is 0.992. The second-order valence-corrected chi connectivity index (χ2v) is 3.30. The van der Waals surface area contributed by atoms with E-state index in [2.05, 4.69) is 15.8 Å². The summed E-state index contributed by atoms with van der Waals surface area (Å²) in [5, 5.41) is 7.21. The number of hydrogen-bond donors (Lipinski definition) is 2. The molecule has 0 fully saturated rings. The van der Waals surface area contributed by atoms with E-state index in [4.69, 9.17) is 12.2 Å². The van der Waals surface area contributed by atoms with Crippen LogP contribution in [-0.2, 0) is 0 Å². The fourth-order valence-electron chi connectivity index (χ4n) is 0.946. The van der Waals surface area contributed by atoms with Crippen LogP contribution in [0.4, 0.5) is 4.39 Å². The largest absolute Gasteiger partial charge is 0.364 e. The number of nitrogens with zero attached hydrogens (tertiary/aromatic N) is 1. The number of benzene rings is 1. The highest BCUT2D eigenvalue weighted by atomic mass is 32.1. The molecule has 0 atom stereocenters. The van der Waals surface area contributed by atoms with Crippen molar-refractivity contribution in [2.45, 2.75) is 6.92 Å². The molecule has 0 bridgehead atoms. The number of rotatable bonds is 2. The molecule has 0 aliphatic rings. The van der Waals surface area contributed by atoms with Gasteiger partial charge in [0.1, 0.15) is 5.82 Å². The number of halogens is 1. The molecule has 2 N–H and O–H groups in total. The van der Waals surface area contributed by atoms with Crippen molar-refractivity contribution >= 4 is 23.0 Å². The first-order valence-corrected chi connectivity index (χ1v) is 4.82. The molecule has 0 amide bonds. The van der Waals surface area contributed by atoms with Gasteiger partial charge in [-0.1, -0.05) is 12.1 Å². The third-order valence-electron chi connectivity index (χ3n) is 1.81. The van der Waals surface area contributed by atoms with Crippen molar-refractivity contribution in [1.29, 1.82) is 0 Å². The summed E-state index contributed by atoms with van der Waals surface area (Å²) < 4.78 is 12.6. The highest BCUT2D eigenvalue weighted by Crippen LogP contribution is 2.03. The van der Waals surface area contributed by atoms with E-state index < -0.39 is 0 Å². The normalized spacial score (nSPS) is 11.0. The molecule has 3 nitrogen and oxygen atoms in total. The van der Waals surface area contributed by atoms with Crippen LogP contribution in [0.2, 0.25) is 0 Å². The molecule has 0 aliphatic heterocycles. The van der Waals surface area contributed by atoms with Crippen LogP contribution < -0.4 is 10.7 Å². The SMILES string of the molecule is CNC(=S)N/N=C(/C)c1ccc(F)cc1. The van der Waals surface area contributed by atoms with Gasteiger partial charge >= 0.3 is 0 Å². The fraction of sp³-hybridized carbons (Fsp3) is 0.200. The molecule has 1 aromatic rings. The van der Waals surface area contributed by atoms with Crippen molar-refractivity contribution in [2.75, 3.05) is 7.05 Å². The van der Waals surface area contributed by atoms with Crippen molar-refractivity contribution in [3.8, 4) is 0 Å². The smallest absolute Gasteiger partial charge is 0.186 e. The molecule has 15 heavy (non-hydrogen) atoms. The van der Waals surface area contributed by atoms with E-state index >= 15 is 0 Å². The van der Waals surface area contributed by atoms with Gasteiger partial charge in [-0.25, -0.2) is 4.39 Å². The topological polar surface area (TPSA) is 36.4 Å². The third kappa shape index (κ3) is 3.63. The standard InChI is InChI=1S/C10H12FN3S/c1-7(13-14-10(15)12-2)8-3-5-9(11)6-4-8/h3-6H,1-2H3,(H2,12,14,15)/b13-7-. The summed E-state index contributed by atoms with van der Waals surface area (Å²) >= 11 is 4.86. The van der Waals surface area contributed by atoms with Gasteiger partial charge in [0, 0.05) is 7.05 Å². The highest BCUT2D eigenvalue weighted by molar-refractivity contribution is 7.80. The van der Waals surface area contributed by atoms with Gasteiger partial charge in [0.05, 0.1) is 5.71 Å². The van der Waals surface area contributed by atoms with Crippen LogP contribution in [0, 0.1) is 5.82 Å². The lowest BCUT2D eigenvalue weighted by Gasteiger charge is -2.03. The van der Waals surface area contributed by atoms with Crippen molar-refractivity contribution in [3.63, 3.8) is 0 Å². The summed E-state index contributed by atoms with van der Waals surface area (Å²) in [4.78, 5) is 0. The summed E-state index contributed by atoms with van der Waals surface area (Å²) in [6.07, 6.45) is 0. The van der Waals surface area contributed by atoms with Gasteiger partial charge in [0.15, 0.2) is 5.11 Å². The minimum Gasteiger partial charge on any atom is -0.364 e. The number of hydrogen-bond acceptors (Lipinski definition) is 2. The van der Waals surface area contributed by atoms with Crippen molar-refractivity contribution in [2.24, 2.45) is 5.10 Å². The Balaban J connectivity index is 2.71. The lowest BCUT2D eigenvalue weighted by Crippen LogP contribution is -2.29. The maximum Gasteiger partial charge on any atom is 0.186 e. The Morgan fingerprint density at radius 3 is 2.47 bits per heavy atom. The molecule has 0 radical (unpaired) electrons. The molecular weight excluding hydrogens is 213 g/mol.